The largest absolute Gasteiger partial charge is 0.489 e. The Hall–Kier alpha value is -1.03. The van der Waals surface area contributed by atoms with Crippen LogP contribution in [0.25, 0.3) is 0 Å². The molecule has 104 valence electrons. The van der Waals surface area contributed by atoms with Crippen LogP contribution in [0.4, 0.5) is 0 Å². The topological polar surface area (TPSA) is 46.5 Å². The summed E-state index contributed by atoms with van der Waals surface area (Å²) in [4.78, 5) is 11.3. The third-order valence-electron chi connectivity index (χ3n) is 3.62. The van der Waals surface area contributed by atoms with Crippen LogP contribution in [0.3, 0.4) is 0 Å². The molecule has 19 heavy (non-hydrogen) atoms. The summed E-state index contributed by atoms with van der Waals surface area (Å²) >= 11 is 3.28. The van der Waals surface area contributed by atoms with Crippen molar-refractivity contribution in [1.29, 1.82) is 0 Å². The number of rotatable bonds is 3. The van der Waals surface area contributed by atoms with Gasteiger partial charge in [0, 0.05) is 4.47 Å². The van der Waals surface area contributed by atoms with Crippen LogP contribution in [-0.2, 0) is 0 Å². The molecule has 0 bridgehead atoms. The fourth-order valence-corrected chi connectivity index (χ4v) is 3.48. The number of aromatic carboxylic acids is 1. The molecule has 2 atom stereocenters. The molecule has 1 fully saturated rings. The highest BCUT2D eigenvalue weighted by Gasteiger charge is 2.27. The van der Waals surface area contributed by atoms with Crippen LogP contribution in [0.2, 0.25) is 0 Å². The lowest BCUT2D eigenvalue weighted by atomic mass is 9.82. The van der Waals surface area contributed by atoms with Gasteiger partial charge in [0.15, 0.2) is 0 Å². The predicted octanol–water partition coefficient (Wildman–Crippen LogP) is 4.35. The van der Waals surface area contributed by atoms with E-state index in [4.69, 9.17) is 4.74 Å². The molecule has 0 radical (unpaired) electrons. The Morgan fingerprint density at radius 2 is 1.89 bits per heavy atom. The first-order valence-electron chi connectivity index (χ1n) is 6.65. The Kier molecular flexibility index (Phi) is 4.50. The fourth-order valence-electron chi connectivity index (χ4n) is 2.96. The summed E-state index contributed by atoms with van der Waals surface area (Å²) in [6.45, 7) is 4.45. The van der Waals surface area contributed by atoms with E-state index in [2.05, 4.69) is 29.8 Å². The molecule has 1 aliphatic carbocycles. The molecule has 1 saturated carbocycles. The van der Waals surface area contributed by atoms with Crippen molar-refractivity contribution in [1.82, 2.24) is 0 Å². The first-order chi connectivity index (χ1) is 8.97. The third-order valence-corrected chi connectivity index (χ3v) is 4.28. The van der Waals surface area contributed by atoms with Gasteiger partial charge in [-0.2, -0.15) is 0 Å². The Balaban J connectivity index is 2.19. The predicted molar refractivity (Wildman–Crippen MR) is 77.7 cm³/mol. The van der Waals surface area contributed by atoms with Crippen LogP contribution in [0, 0.1) is 11.8 Å². The summed E-state index contributed by atoms with van der Waals surface area (Å²) in [6, 6.07) is 5.27. The number of ether oxygens (including phenoxy) is 1. The van der Waals surface area contributed by atoms with E-state index < -0.39 is 5.97 Å². The molecule has 0 aromatic heterocycles. The molecule has 0 aliphatic heterocycles. The van der Waals surface area contributed by atoms with Crippen molar-refractivity contribution in [2.24, 2.45) is 11.8 Å². The number of hydrogen-bond acceptors (Lipinski definition) is 2. The highest BCUT2D eigenvalue weighted by molar-refractivity contribution is 9.10. The third kappa shape index (κ3) is 3.50. The van der Waals surface area contributed by atoms with Crippen LogP contribution >= 0.6 is 15.9 Å². The summed E-state index contributed by atoms with van der Waals surface area (Å²) in [5.41, 5.74) is 0.216. The normalized spacial score (nSPS) is 27.0. The molecule has 0 saturated heterocycles. The smallest absolute Gasteiger partial charge is 0.340 e. The Morgan fingerprint density at radius 1 is 1.26 bits per heavy atom. The van der Waals surface area contributed by atoms with Gasteiger partial charge >= 0.3 is 5.97 Å². The maximum Gasteiger partial charge on any atom is 0.340 e. The van der Waals surface area contributed by atoms with Gasteiger partial charge in [-0.05, 0) is 59.2 Å². The molecule has 0 heterocycles. The van der Waals surface area contributed by atoms with Crippen molar-refractivity contribution in [2.75, 3.05) is 0 Å². The van der Waals surface area contributed by atoms with E-state index in [1.807, 2.05) is 6.07 Å². The van der Waals surface area contributed by atoms with Crippen molar-refractivity contribution >= 4 is 21.9 Å². The van der Waals surface area contributed by atoms with E-state index in [-0.39, 0.29) is 11.7 Å². The molecule has 1 aromatic rings. The average Bonchev–Trinajstić information content (AvgIpc) is 2.26. The molecule has 3 nitrogen and oxygen atoms in total. The van der Waals surface area contributed by atoms with Gasteiger partial charge < -0.3 is 9.84 Å². The molecule has 0 amide bonds. The zero-order valence-corrected chi connectivity index (χ0v) is 12.8. The van der Waals surface area contributed by atoms with Crippen LogP contribution in [0.1, 0.15) is 43.5 Å². The lowest BCUT2D eigenvalue weighted by molar-refractivity contribution is 0.0674. The summed E-state index contributed by atoms with van der Waals surface area (Å²) in [5.74, 6) is 0.774. The van der Waals surface area contributed by atoms with Crippen molar-refractivity contribution in [2.45, 2.75) is 39.2 Å². The SMILES string of the molecule is CC1CC(C)CC(Oc2cccc(Br)c2C(=O)O)C1. The highest BCUT2D eigenvalue weighted by atomic mass is 79.9. The van der Waals surface area contributed by atoms with E-state index in [9.17, 15) is 9.90 Å². The van der Waals surface area contributed by atoms with Gasteiger partial charge in [-0.3, -0.25) is 0 Å². The van der Waals surface area contributed by atoms with Gasteiger partial charge in [-0.15, -0.1) is 0 Å². The average molecular weight is 327 g/mol. The summed E-state index contributed by atoms with van der Waals surface area (Å²) in [7, 11) is 0. The van der Waals surface area contributed by atoms with Crippen LogP contribution in [0.15, 0.2) is 22.7 Å². The molecule has 1 N–H and O–H groups in total. The maximum atomic E-state index is 11.3. The second-order valence-corrected chi connectivity index (χ2v) is 6.43. The molecular weight excluding hydrogens is 308 g/mol. The van der Waals surface area contributed by atoms with E-state index in [0.29, 0.717) is 22.1 Å². The van der Waals surface area contributed by atoms with E-state index in [0.717, 1.165) is 12.8 Å². The minimum atomic E-state index is -0.959. The van der Waals surface area contributed by atoms with Gasteiger partial charge in [-0.25, -0.2) is 4.79 Å². The Morgan fingerprint density at radius 3 is 2.47 bits per heavy atom. The second kappa shape index (κ2) is 5.95. The van der Waals surface area contributed by atoms with Crippen molar-refractivity contribution < 1.29 is 14.6 Å². The Bertz CT molecular complexity index is 462. The standard InChI is InChI=1S/C15H19BrO3/c1-9-6-10(2)8-11(7-9)19-13-5-3-4-12(16)14(13)15(17)18/h3-5,9-11H,6-8H2,1-2H3,(H,17,18). The van der Waals surface area contributed by atoms with Crippen molar-refractivity contribution in [3.8, 4) is 5.75 Å². The summed E-state index contributed by atoms with van der Waals surface area (Å²) < 4.78 is 6.52. The zero-order valence-electron chi connectivity index (χ0n) is 11.2. The van der Waals surface area contributed by atoms with E-state index >= 15 is 0 Å². The monoisotopic (exact) mass is 326 g/mol. The lowest BCUT2D eigenvalue weighted by Gasteiger charge is -2.32. The van der Waals surface area contributed by atoms with Gasteiger partial charge in [0.2, 0.25) is 0 Å². The van der Waals surface area contributed by atoms with Crippen LogP contribution in [0.5, 0.6) is 5.75 Å². The maximum absolute atomic E-state index is 11.3. The second-order valence-electron chi connectivity index (χ2n) is 5.58. The quantitative estimate of drug-likeness (QED) is 0.898. The first-order valence-corrected chi connectivity index (χ1v) is 7.45. The van der Waals surface area contributed by atoms with E-state index in [1.165, 1.54) is 6.42 Å². The fraction of sp³-hybridized carbons (Fsp3) is 0.533. The van der Waals surface area contributed by atoms with Gasteiger partial charge in [0.1, 0.15) is 11.3 Å². The molecule has 1 aliphatic rings. The van der Waals surface area contributed by atoms with Gasteiger partial charge in [0.05, 0.1) is 6.10 Å². The molecule has 4 heteroatoms. The van der Waals surface area contributed by atoms with Gasteiger partial charge in [-0.1, -0.05) is 19.9 Å². The number of halogens is 1. The zero-order chi connectivity index (χ0) is 14.0. The minimum Gasteiger partial charge on any atom is -0.489 e. The minimum absolute atomic E-state index is 0.117. The number of carboxylic acid groups (broad SMARTS) is 1. The van der Waals surface area contributed by atoms with Crippen molar-refractivity contribution in [3.05, 3.63) is 28.2 Å². The lowest BCUT2D eigenvalue weighted by Crippen LogP contribution is -2.29. The van der Waals surface area contributed by atoms with Crippen LogP contribution < -0.4 is 4.74 Å². The van der Waals surface area contributed by atoms with Crippen LogP contribution in [-0.4, -0.2) is 17.2 Å². The molecule has 2 rings (SSSR count). The molecule has 1 aromatic carbocycles. The molecular formula is C15H19BrO3. The van der Waals surface area contributed by atoms with E-state index in [1.54, 1.807) is 12.1 Å². The number of carbonyl (C=O) groups is 1. The first kappa shape index (κ1) is 14.4. The number of carboxylic acids is 1. The molecule has 0 spiro atoms. The Labute approximate surface area is 122 Å². The van der Waals surface area contributed by atoms with Crippen molar-refractivity contribution in [3.63, 3.8) is 0 Å². The number of hydrogen-bond donors (Lipinski definition) is 1. The summed E-state index contributed by atoms with van der Waals surface area (Å²) in [5, 5.41) is 9.27. The summed E-state index contributed by atoms with van der Waals surface area (Å²) in [6.07, 6.45) is 3.34. The molecule has 2 unspecified atom stereocenters. The highest BCUT2D eigenvalue weighted by Crippen LogP contribution is 2.34. The van der Waals surface area contributed by atoms with Gasteiger partial charge in [0.25, 0.3) is 0 Å². The number of benzene rings is 1.